The Morgan fingerprint density at radius 2 is 1.88 bits per heavy atom. The highest BCUT2D eigenvalue weighted by Gasteiger charge is 2.00. The van der Waals surface area contributed by atoms with Gasteiger partial charge in [0.1, 0.15) is 5.75 Å². The van der Waals surface area contributed by atoms with Gasteiger partial charge < -0.3 is 10.5 Å². The third-order valence-corrected chi connectivity index (χ3v) is 2.72. The zero-order chi connectivity index (χ0) is 11.8. The van der Waals surface area contributed by atoms with Gasteiger partial charge in [0.05, 0.1) is 6.61 Å². The van der Waals surface area contributed by atoms with Crippen LogP contribution >= 0.6 is 0 Å². The molecule has 1 aromatic rings. The summed E-state index contributed by atoms with van der Waals surface area (Å²) in [5, 5.41) is 0. The van der Waals surface area contributed by atoms with Crippen molar-refractivity contribution < 1.29 is 4.74 Å². The van der Waals surface area contributed by atoms with Gasteiger partial charge in [-0.3, -0.25) is 0 Å². The predicted octanol–water partition coefficient (Wildman–Crippen LogP) is 3.15. The quantitative estimate of drug-likeness (QED) is 0.767. The van der Waals surface area contributed by atoms with Crippen molar-refractivity contribution in [3.8, 4) is 5.75 Å². The van der Waals surface area contributed by atoms with Crippen molar-refractivity contribution in [2.45, 2.75) is 45.6 Å². The van der Waals surface area contributed by atoms with Gasteiger partial charge >= 0.3 is 0 Å². The maximum absolute atomic E-state index is 5.89. The Morgan fingerprint density at radius 1 is 1.19 bits per heavy atom. The smallest absolute Gasteiger partial charge is 0.119 e. The Kier molecular flexibility index (Phi) is 5.94. The summed E-state index contributed by atoms with van der Waals surface area (Å²) in [7, 11) is 0. The van der Waals surface area contributed by atoms with E-state index in [0.29, 0.717) is 6.04 Å². The zero-order valence-corrected chi connectivity index (χ0v) is 10.4. The molecular formula is C14H23NO. The van der Waals surface area contributed by atoms with Crippen LogP contribution in [0.2, 0.25) is 0 Å². The minimum atomic E-state index is 0.330. The van der Waals surface area contributed by atoms with E-state index < -0.39 is 0 Å². The number of hydrogen-bond donors (Lipinski definition) is 1. The molecule has 90 valence electrons. The van der Waals surface area contributed by atoms with Crippen LogP contribution in [0.15, 0.2) is 24.3 Å². The molecule has 1 atom stereocenters. The molecule has 0 saturated heterocycles. The average Bonchev–Trinajstić information content (AvgIpc) is 2.34. The molecule has 1 unspecified atom stereocenters. The number of nitrogens with two attached hydrogens (primary N) is 1. The van der Waals surface area contributed by atoms with Gasteiger partial charge in [0.2, 0.25) is 0 Å². The standard InChI is InChI=1S/C14H23NO/c1-3-11-16-14-9-6-12(7-10-14)5-8-13(15)4-2/h6-7,9-10,13H,3-5,8,11,15H2,1-2H3. The topological polar surface area (TPSA) is 35.2 Å². The fourth-order valence-corrected chi connectivity index (χ4v) is 1.53. The van der Waals surface area contributed by atoms with Gasteiger partial charge in [-0.15, -0.1) is 0 Å². The molecule has 0 aliphatic heterocycles. The lowest BCUT2D eigenvalue weighted by atomic mass is 10.0. The molecule has 0 spiro atoms. The van der Waals surface area contributed by atoms with Crippen LogP contribution in [-0.2, 0) is 6.42 Å². The fraction of sp³-hybridized carbons (Fsp3) is 0.571. The van der Waals surface area contributed by atoms with Crippen LogP contribution in [0.1, 0.15) is 38.7 Å². The van der Waals surface area contributed by atoms with Gasteiger partial charge in [-0.1, -0.05) is 26.0 Å². The summed E-state index contributed by atoms with van der Waals surface area (Å²) < 4.78 is 5.53. The van der Waals surface area contributed by atoms with Crippen LogP contribution in [0, 0.1) is 0 Å². The summed E-state index contributed by atoms with van der Waals surface area (Å²) in [6.45, 7) is 5.03. The lowest BCUT2D eigenvalue weighted by Gasteiger charge is -2.09. The van der Waals surface area contributed by atoms with E-state index in [9.17, 15) is 0 Å². The second-order valence-corrected chi connectivity index (χ2v) is 4.20. The van der Waals surface area contributed by atoms with E-state index >= 15 is 0 Å². The second kappa shape index (κ2) is 7.29. The summed E-state index contributed by atoms with van der Waals surface area (Å²) in [6, 6.07) is 8.68. The number of ether oxygens (including phenoxy) is 1. The highest BCUT2D eigenvalue weighted by Crippen LogP contribution is 2.14. The van der Waals surface area contributed by atoms with Crippen LogP contribution in [0.3, 0.4) is 0 Å². The van der Waals surface area contributed by atoms with Crippen molar-refractivity contribution in [1.82, 2.24) is 0 Å². The first-order chi connectivity index (χ1) is 7.76. The van der Waals surface area contributed by atoms with Gasteiger partial charge in [-0.05, 0) is 43.4 Å². The molecule has 2 N–H and O–H groups in total. The lowest BCUT2D eigenvalue weighted by Crippen LogP contribution is -2.18. The molecule has 16 heavy (non-hydrogen) atoms. The molecule has 0 radical (unpaired) electrons. The summed E-state index contributed by atoms with van der Waals surface area (Å²) in [5.41, 5.74) is 7.23. The highest BCUT2D eigenvalue weighted by molar-refractivity contribution is 5.27. The van der Waals surface area contributed by atoms with Gasteiger partial charge in [0.25, 0.3) is 0 Å². The molecule has 2 heteroatoms. The average molecular weight is 221 g/mol. The van der Waals surface area contributed by atoms with E-state index in [2.05, 4.69) is 26.0 Å². The normalized spacial score (nSPS) is 12.4. The maximum Gasteiger partial charge on any atom is 0.119 e. The summed E-state index contributed by atoms with van der Waals surface area (Å²) in [5.74, 6) is 0.963. The number of rotatable bonds is 7. The first-order valence-corrected chi connectivity index (χ1v) is 6.23. The molecular weight excluding hydrogens is 198 g/mol. The van der Waals surface area contributed by atoms with E-state index in [-0.39, 0.29) is 0 Å². The largest absolute Gasteiger partial charge is 0.494 e. The number of aryl methyl sites for hydroxylation is 1. The second-order valence-electron chi connectivity index (χ2n) is 4.20. The van der Waals surface area contributed by atoms with Crippen LogP contribution in [-0.4, -0.2) is 12.6 Å². The van der Waals surface area contributed by atoms with Crippen LogP contribution in [0.5, 0.6) is 5.75 Å². The van der Waals surface area contributed by atoms with Crippen molar-refractivity contribution in [3.05, 3.63) is 29.8 Å². The van der Waals surface area contributed by atoms with Crippen molar-refractivity contribution in [3.63, 3.8) is 0 Å². The molecule has 0 amide bonds. The predicted molar refractivity (Wildman–Crippen MR) is 68.8 cm³/mol. The Hall–Kier alpha value is -1.02. The third kappa shape index (κ3) is 4.67. The minimum absolute atomic E-state index is 0.330. The number of benzene rings is 1. The SMILES string of the molecule is CCCOc1ccc(CCC(N)CC)cc1. The van der Waals surface area contributed by atoms with Crippen LogP contribution in [0.25, 0.3) is 0 Å². The Balaban J connectivity index is 2.38. The van der Waals surface area contributed by atoms with E-state index in [1.165, 1.54) is 5.56 Å². The molecule has 2 nitrogen and oxygen atoms in total. The Bertz CT molecular complexity index is 281. The third-order valence-electron chi connectivity index (χ3n) is 2.72. The van der Waals surface area contributed by atoms with Gasteiger partial charge in [0, 0.05) is 6.04 Å². The van der Waals surface area contributed by atoms with Crippen LogP contribution < -0.4 is 10.5 Å². The molecule has 1 aromatic carbocycles. The van der Waals surface area contributed by atoms with Crippen molar-refractivity contribution in [1.29, 1.82) is 0 Å². The molecule has 0 bridgehead atoms. The zero-order valence-electron chi connectivity index (χ0n) is 10.4. The van der Waals surface area contributed by atoms with Crippen molar-refractivity contribution in [2.24, 2.45) is 5.73 Å². The van der Waals surface area contributed by atoms with E-state index in [4.69, 9.17) is 10.5 Å². The van der Waals surface area contributed by atoms with Crippen LogP contribution in [0.4, 0.5) is 0 Å². The summed E-state index contributed by atoms with van der Waals surface area (Å²) in [4.78, 5) is 0. The molecule has 1 rings (SSSR count). The summed E-state index contributed by atoms with van der Waals surface area (Å²) in [6.07, 6.45) is 4.22. The van der Waals surface area contributed by atoms with Gasteiger partial charge in [0.15, 0.2) is 0 Å². The van der Waals surface area contributed by atoms with Gasteiger partial charge in [-0.25, -0.2) is 0 Å². The maximum atomic E-state index is 5.89. The molecule has 0 fully saturated rings. The highest BCUT2D eigenvalue weighted by atomic mass is 16.5. The first-order valence-electron chi connectivity index (χ1n) is 6.23. The Labute approximate surface area is 98.8 Å². The summed E-state index contributed by atoms with van der Waals surface area (Å²) >= 11 is 0. The van der Waals surface area contributed by atoms with Crippen molar-refractivity contribution in [2.75, 3.05) is 6.61 Å². The van der Waals surface area contributed by atoms with Crippen molar-refractivity contribution >= 4 is 0 Å². The molecule has 0 aromatic heterocycles. The fourth-order valence-electron chi connectivity index (χ4n) is 1.53. The first kappa shape index (κ1) is 13.0. The molecule has 0 aliphatic rings. The van der Waals surface area contributed by atoms with Gasteiger partial charge in [-0.2, -0.15) is 0 Å². The molecule has 0 aliphatic carbocycles. The monoisotopic (exact) mass is 221 g/mol. The molecule has 0 heterocycles. The van der Waals surface area contributed by atoms with E-state index in [1.54, 1.807) is 0 Å². The lowest BCUT2D eigenvalue weighted by molar-refractivity contribution is 0.317. The number of hydrogen-bond acceptors (Lipinski definition) is 2. The van der Waals surface area contributed by atoms with E-state index in [0.717, 1.165) is 38.0 Å². The van der Waals surface area contributed by atoms with E-state index in [1.807, 2.05) is 12.1 Å². The Morgan fingerprint density at radius 3 is 2.44 bits per heavy atom. The molecule has 0 saturated carbocycles. The minimum Gasteiger partial charge on any atom is -0.494 e.